The van der Waals surface area contributed by atoms with E-state index in [1.54, 1.807) is 13.2 Å². The van der Waals surface area contributed by atoms with Crippen molar-refractivity contribution >= 4 is 22.4 Å². The number of hydrogen-bond acceptors (Lipinski definition) is 7. The summed E-state index contributed by atoms with van der Waals surface area (Å²) in [5.74, 6) is 2.46. The van der Waals surface area contributed by atoms with Gasteiger partial charge in [-0.2, -0.15) is 0 Å². The molecule has 1 saturated heterocycles. The monoisotopic (exact) mass is 488 g/mol. The second-order valence-electron chi connectivity index (χ2n) is 8.93. The number of rotatable bonds is 8. The van der Waals surface area contributed by atoms with Gasteiger partial charge in [0.15, 0.2) is 0 Å². The largest absolute Gasteiger partial charge is 0.497 e. The third-order valence-corrected chi connectivity index (χ3v) is 6.28. The van der Waals surface area contributed by atoms with E-state index in [0.29, 0.717) is 29.7 Å². The van der Waals surface area contributed by atoms with E-state index in [0.717, 1.165) is 48.1 Å². The molecule has 1 N–H and O–H groups in total. The molecular weight excluding hydrogens is 459 g/mol. The molecule has 0 aliphatic carbocycles. The Bertz CT molecular complexity index is 1320. The molecule has 1 aliphatic rings. The van der Waals surface area contributed by atoms with Crippen molar-refractivity contribution < 1.29 is 18.6 Å². The van der Waals surface area contributed by atoms with Gasteiger partial charge in [-0.3, -0.25) is 0 Å². The Morgan fingerprint density at radius 2 is 1.81 bits per heavy atom. The summed E-state index contributed by atoms with van der Waals surface area (Å²) in [6, 6.07) is 17.7. The number of piperidine rings is 1. The average Bonchev–Trinajstić information content (AvgIpc) is 2.89. The molecular formula is C28H29FN4O3. The van der Waals surface area contributed by atoms with Gasteiger partial charge in [-0.15, -0.1) is 0 Å². The Balaban J connectivity index is 1.35. The normalized spacial score (nSPS) is 14.5. The summed E-state index contributed by atoms with van der Waals surface area (Å²) < 4.78 is 31.2. The van der Waals surface area contributed by atoms with Gasteiger partial charge in [-0.1, -0.05) is 12.1 Å². The van der Waals surface area contributed by atoms with Gasteiger partial charge in [0.25, 0.3) is 0 Å². The highest BCUT2D eigenvalue weighted by molar-refractivity contribution is 5.96. The number of anilines is 2. The number of hydrogen-bond donors (Lipinski definition) is 1. The van der Waals surface area contributed by atoms with Crippen LogP contribution in [0, 0.1) is 5.82 Å². The summed E-state index contributed by atoms with van der Waals surface area (Å²) in [5.41, 5.74) is 2.36. The van der Waals surface area contributed by atoms with Crippen LogP contribution < -0.4 is 19.5 Å². The fourth-order valence-electron chi connectivity index (χ4n) is 4.28. The molecule has 0 radical (unpaired) electrons. The van der Waals surface area contributed by atoms with Crippen molar-refractivity contribution in [2.75, 3.05) is 32.6 Å². The molecule has 0 unspecified atom stereocenters. The van der Waals surface area contributed by atoms with Crippen LogP contribution >= 0.6 is 0 Å². The zero-order chi connectivity index (χ0) is 24.9. The predicted octanol–water partition coefficient (Wildman–Crippen LogP) is 5.57. The van der Waals surface area contributed by atoms with Crippen LogP contribution in [0.2, 0.25) is 0 Å². The highest BCUT2D eigenvalue weighted by atomic mass is 19.1. The van der Waals surface area contributed by atoms with Gasteiger partial charge in [-0.05, 0) is 61.9 Å². The minimum absolute atomic E-state index is 0.124. The molecule has 0 bridgehead atoms. The van der Waals surface area contributed by atoms with Crippen molar-refractivity contribution in [1.29, 1.82) is 0 Å². The van der Waals surface area contributed by atoms with Crippen LogP contribution in [0.3, 0.4) is 0 Å². The minimum atomic E-state index is -0.274. The molecule has 186 valence electrons. The summed E-state index contributed by atoms with van der Waals surface area (Å²) >= 11 is 0. The highest BCUT2D eigenvalue weighted by Crippen LogP contribution is 2.37. The maximum absolute atomic E-state index is 13.4. The van der Waals surface area contributed by atoms with Crippen LogP contribution in [0.25, 0.3) is 10.9 Å². The standard InChI is InChI=1S/C28H29FN4O3/c1-33-12-10-23(11-13-33)36-26-16-24(34-2)15-25-27(26)28(31-18-30-25)32-21-6-8-22(9-7-21)35-17-19-4-3-5-20(29)14-19/h3-9,14-16,18,23H,10-13,17H2,1-2H3,(H,30,31,32). The molecule has 36 heavy (non-hydrogen) atoms. The molecule has 7 nitrogen and oxygen atoms in total. The maximum atomic E-state index is 13.4. The van der Waals surface area contributed by atoms with Crippen molar-refractivity contribution in [3.05, 3.63) is 78.4 Å². The van der Waals surface area contributed by atoms with Gasteiger partial charge < -0.3 is 24.4 Å². The SMILES string of the molecule is COc1cc(OC2CCN(C)CC2)c2c(Nc3ccc(OCc4cccc(F)c4)cc3)ncnc2c1. The summed E-state index contributed by atoms with van der Waals surface area (Å²) in [6.07, 6.45) is 3.57. The Morgan fingerprint density at radius 3 is 2.56 bits per heavy atom. The Hall–Kier alpha value is -3.91. The van der Waals surface area contributed by atoms with E-state index in [1.165, 1.54) is 18.5 Å². The zero-order valence-electron chi connectivity index (χ0n) is 20.4. The van der Waals surface area contributed by atoms with Crippen LogP contribution in [0.5, 0.6) is 17.2 Å². The summed E-state index contributed by atoms with van der Waals surface area (Å²) in [7, 11) is 3.77. The molecule has 3 aromatic carbocycles. The average molecular weight is 489 g/mol. The van der Waals surface area contributed by atoms with E-state index in [1.807, 2.05) is 42.5 Å². The first-order valence-corrected chi connectivity index (χ1v) is 12.0. The third kappa shape index (κ3) is 5.66. The number of nitrogens with one attached hydrogen (secondary N) is 1. The third-order valence-electron chi connectivity index (χ3n) is 6.28. The van der Waals surface area contributed by atoms with Crippen molar-refractivity contribution in [3.63, 3.8) is 0 Å². The van der Waals surface area contributed by atoms with Crippen molar-refractivity contribution in [2.24, 2.45) is 0 Å². The molecule has 5 rings (SSSR count). The zero-order valence-corrected chi connectivity index (χ0v) is 20.4. The van der Waals surface area contributed by atoms with E-state index < -0.39 is 0 Å². The number of aromatic nitrogens is 2. The lowest BCUT2D eigenvalue weighted by Crippen LogP contribution is -2.35. The first-order valence-electron chi connectivity index (χ1n) is 12.0. The predicted molar refractivity (Wildman–Crippen MR) is 138 cm³/mol. The number of fused-ring (bicyclic) bond motifs is 1. The van der Waals surface area contributed by atoms with Gasteiger partial charge in [0.1, 0.15) is 47.9 Å². The van der Waals surface area contributed by atoms with Crippen LogP contribution in [-0.4, -0.2) is 48.2 Å². The van der Waals surface area contributed by atoms with E-state index in [4.69, 9.17) is 14.2 Å². The molecule has 0 atom stereocenters. The van der Waals surface area contributed by atoms with Gasteiger partial charge in [0, 0.05) is 30.9 Å². The minimum Gasteiger partial charge on any atom is -0.497 e. The van der Waals surface area contributed by atoms with Crippen LogP contribution in [-0.2, 0) is 6.61 Å². The lowest BCUT2D eigenvalue weighted by Gasteiger charge is -2.29. The molecule has 2 heterocycles. The summed E-state index contributed by atoms with van der Waals surface area (Å²) in [4.78, 5) is 11.3. The molecule has 8 heteroatoms. The first kappa shape index (κ1) is 23.8. The fourth-order valence-corrected chi connectivity index (χ4v) is 4.28. The smallest absolute Gasteiger partial charge is 0.145 e. The van der Waals surface area contributed by atoms with Crippen molar-refractivity contribution in [1.82, 2.24) is 14.9 Å². The molecule has 1 aliphatic heterocycles. The molecule has 1 aromatic heterocycles. The lowest BCUT2D eigenvalue weighted by atomic mass is 10.1. The Kier molecular flexibility index (Phi) is 7.13. The van der Waals surface area contributed by atoms with Crippen molar-refractivity contribution in [3.8, 4) is 17.2 Å². The maximum Gasteiger partial charge on any atom is 0.145 e. The molecule has 1 fully saturated rings. The van der Waals surface area contributed by atoms with Gasteiger partial charge >= 0.3 is 0 Å². The number of nitrogens with zero attached hydrogens (tertiary/aromatic N) is 3. The van der Waals surface area contributed by atoms with E-state index in [-0.39, 0.29) is 11.9 Å². The number of likely N-dealkylation sites (tertiary alicyclic amines) is 1. The quantitative estimate of drug-likeness (QED) is 0.348. The number of benzene rings is 3. The molecule has 0 saturated carbocycles. The molecule has 0 amide bonds. The number of ether oxygens (including phenoxy) is 3. The second kappa shape index (κ2) is 10.8. The van der Waals surface area contributed by atoms with E-state index in [9.17, 15) is 4.39 Å². The lowest BCUT2D eigenvalue weighted by molar-refractivity contribution is 0.115. The van der Waals surface area contributed by atoms with E-state index >= 15 is 0 Å². The highest BCUT2D eigenvalue weighted by Gasteiger charge is 2.21. The molecule has 0 spiro atoms. The van der Waals surface area contributed by atoms with Gasteiger partial charge in [0.05, 0.1) is 18.0 Å². The number of methoxy groups -OCH3 is 1. The van der Waals surface area contributed by atoms with Crippen molar-refractivity contribution in [2.45, 2.75) is 25.6 Å². The Morgan fingerprint density at radius 1 is 1.00 bits per heavy atom. The summed E-state index contributed by atoms with van der Waals surface area (Å²) in [5, 5.41) is 4.20. The van der Waals surface area contributed by atoms with Crippen LogP contribution in [0.4, 0.5) is 15.9 Å². The molecule has 4 aromatic rings. The van der Waals surface area contributed by atoms with Gasteiger partial charge in [-0.25, -0.2) is 14.4 Å². The van der Waals surface area contributed by atoms with Gasteiger partial charge in [0.2, 0.25) is 0 Å². The van der Waals surface area contributed by atoms with Crippen LogP contribution in [0.15, 0.2) is 67.0 Å². The second-order valence-corrected chi connectivity index (χ2v) is 8.93. The van der Waals surface area contributed by atoms with Crippen LogP contribution in [0.1, 0.15) is 18.4 Å². The van der Waals surface area contributed by atoms with E-state index in [2.05, 4.69) is 27.2 Å². The Labute approximate surface area is 209 Å². The number of halogens is 1. The first-order chi connectivity index (χ1) is 17.6. The summed E-state index contributed by atoms with van der Waals surface area (Å²) in [6.45, 7) is 2.30. The fraction of sp³-hybridized carbons (Fsp3) is 0.286. The topological polar surface area (TPSA) is 68.7 Å².